The van der Waals surface area contributed by atoms with Crippen LogP contribution >= 0.6 is 80.2 Å². The molecule has 0 radical (unpaired) electrons. The molecule has 5 aromatic heterocycles. The average molecular weight is 890 g/mol. The van der Waals surface area contributed by atoms with Gasteiger partial charge in [-0.15, -0.1) is 26.8 Å². The van der Waals surface area contributed by atoms with Gasteiger partial charge in [0.25, 0.3) is 0 Å². The molecule has 0 aromatic carbocycles. The smallest absolute Gasteiger partial charge is 0.154 e. The largest absolute Gasteiger partial charge is 0.502 e. The van der Waals surface area contributed by atoms with E-state index >= 15 is 0 Å². The van der Waals surface area contributed by atoms with Gasteiger partial charge in [0, 0.05) is 25.1 Å². The van der Waals surface area contributed by atoms with Crippen molar-refractivity contribution in [2.45, 2.75) is 66.5 Å². The topological polar surface area (TPSA) is 200 Å². The Kier molecular flexibility index (Phi) is 26.5. The van der Waals surface area contributed by atoms with Crippen LogP contribution in [0.3, 0.4) is 0 Å². The van der Waals surface area contributed by atoms with Gasteiger partial charge in [0.15, 0.2) is 12.5 Å². The maximum atomic E-state index is 10.4. The second-order valence-corrected chi connectivity index (χ2v) is 23.8. The van der Waals surface area contributed by atoms with E-state index in [1.54, 1.807) is 31.6 Å². The number of aldehydes is 1. The number of nitrogens with zero attached hydrogens (tertiary/aromatic N) is 6. The van der Waals surface area contributed by atoms with Crippen LogP contribution in [0.25, 0.3) is 21.8 Å². The van der Waals surface area contributed by atoms with Gasteiger partial charge in [0.05, 0.1) is 57.7 Å². The number of halogens is 4. The standard InChI is InChI=1S/C12H14ClN3O.C7H5Cl2NO.C7H6ClN3.C5H8O.CH4.H2N2.H2O.H6P4.H2/c1-8-6-10-9(12(13)15-8)7-14-16(10)11-4-2-3-5-17-11;1-4-2-6(8)5(3-11)7(9)10-4;1-4-2-6-5(3-9-11-6)7(8)10-4;1-2-4-6-5-3-1;;1-2;;1-4(2)3;/h6-7,11H,2-5H2,1H3;2-3H,1H3;2-3H,1H3,(H,9,11);2,4H,1,3,5H2;1H4;1-2H;1H2;1-3H2;1H. The number of aromatic nitrogens is 7. The molecule has 53 heavy (non-hydrogen) atoms. The molecule has 5 aromatic rings. The van der Waals surface area contributed by atoms with Crippen LogP contribution in [0.2, 0.25) is 20.5 Å². The molecule has 4 unspecified atom stereocenters. The Bertz CT molecular complexity index is 1840. The Hall–Kier alpha value is -2.00. The Morgan fingerprint density at radius 1 is 0.906 bits per heavy atom. The molecule has 0 bridgehead atoms. The molecule has 0 aliphatic carbocycles. The molecule has 2 aliphatic rings. The fourth-order valence-electron chi connectivity index (χ4n) is 4.49. The third-order valence-corrected chi connectivity index (χ3v) is 7.83. The van der Waals surface area contributed by atoms with Crippen LogP contribution in [-0.4, -0.2) is 59.9 Å². The molecule has 0 amide bonds. The SMILES string of the molecule is C.C1=COCCC1.Cc1cc(Cl)c(C=O)c(Cl)n1.Cc1cc2[nH]ncc2c(Cl)n1.Cc1cc2c(cnn2C2CCCCO2)c(Cl)n1.N=N.O.PP(P)P.[HH]. The van der Waals surface area contributed by atoms with E-state index in [1.807, 2.05) is 36.7 Å². The highest BCUT2D eigenvalue weighted by Gasteiger charge is 2.19. The fraction of sp³-hybridized carbons (Fsp3) is 0.375. The zero-order valence-electron chi connectivity index (χ0n) is 28.7. The van der Waals surface area contributed by atoms with Gasteiger partial charge in [-0.05, 0) is 84.1 Å². The third-order valence-electron chi connectivity index (χ3n) is 6.66. The molecule has 5 N–H and O–H groups in total. The van der Waals surface area contributed by atoms with Crippen molar-refractivity contribution < 1.29 is 21.2 Å². The fourth-order valence-corrected chi connectivity index (χ4v) is 5.68. The summed E-state index contributed by atoms with van der Waals surface area (Å²) in [6, 6.07) is 5.51. The highest BCUT2D eigenvalue weighted by Crippen LogP contribution is 2.59. The van der Waals surface area contributed by atoms with Crippen LogP contribution in [0.4, 0.5) is 0 Å². The maximum absolute atomic E-state index is 10.4. The monoisotopic (exact) mass is 887 g/mol. The van der Waals surface area contributed by atoms with E-state index < -0.39 is 0 Å². The molecular weight excluding hydrogens is 840 g/mol. The number of rotatable bonds is 2. The van der Waals surface area contributed by atoms with Gasteiger partial charge in [-0.25, -0.2) is 30.7 Å². The number of carbonyl (C=O) groups is 1. The van der Waals surface area contributed by atoms with Crippen molar-refractivity contribution in [3.63, 3.8) is 0 Å². The van der Waals surface area contributed by atoms with Gasteiger partial charge in [-0.1, -0.05) is 53.8 Å². The van der Waals surface area contributed by atoms with E-state index in [9.17, 15) is 4.79 Å². The minimum atomic E-state index is 0. The van der Waals surface area contributed by atoms with Gasteiger partial charge in [-0.2, -0.15) is 10.2 Å². The first-order chi connectivity index (χ1) is 24.4. The number of hydrogen-bond donors (Lipinski definition) is 3. The number of pyridine rings is 3. The Balaban J connectivity index is 0. The van der Waals surface area contributed by atoms with Crippen molar-refractivity contribution in [1.82, 2.24) is 34.9 Å². The lowest BCUT2D eigenvalue weighted by atomic mass is 10.2. The summed E-state index contributed by atoms with van der Waals surface area (Å²) in [6.07, 6.45) is 13.6. The molecule has 7 rings (SSSR count). The number of fused-ring (bicyclic) bond motifs is 2. The number of carbonyl (C=O) groups excluding carboxylic acids is 1. The predicted octanol–water partition coefficient (Wildman–Crippen LogP) is 11.3. The van der Waals surface area contributed by atoms with Gasteiger partial charge in [0.1, 0.15) is 15.5 Å². The minimum Gasteiger partial charge on any atom is -0.502 e. The summed E-state index contributed by atoms with van der Waals surface area (Å²) >= 11 is 23.2. The Morgan fingerprint density at radius 3 is 2.02 bits per heavy atom. The van der Waals surface area contributed by atoms with Crippen molar-refractivity contribution >= 4 is 108 Å². The first-order valence-electron chi connectivity index (χ1n) is 15.3. The number of aryl methyl sites for hydroxylation is 3. The molecule has 0 saturated carbocycles. The number of allylic oxidation sites excluding steroid dienone is 1. The molecule has 13 nitrogen and oxygen atoms in total. The number of hydrogen-bond acceptors (Lipinski definition) is 10. The molecule has 0 spiro atoms. The van der Waals surface area contributed by atoms with E-state index in [-0.39, 0.29) is 38.3 Å². The molecule has 1 saturated heterocycles. The van der Waals surface area contributed by atoms with Crippen LogP contribution in [0.15, 0.2) is 42.9 Å². The second kappa shape index (κ2) is 27.6. The number of nitrogens with one attached hydrogen (secondary N) is 3. The highest BCUT2D eigenvalue weighted by atomic mass is 35.5. The van der Waals surface area contributed by atoms with E-state index in [1.165, 1.54) is 19.3 Å². The molecule has 7 heterocycles. The molecule has 4 atom stereocenters. The number of H-pyrrole nitrogens is 1. The lowest BCUT2D eigenvalue weighted by Gasteiger charge is -2.23. The molecule has 2 aliphatic heterocycles. The lowest BCUT2D eigenvalue weighted by molar-refractivity contribution is -0.0366. The Morgan fingerprint density at radius 2 is 1.51 bits per heavy atom. The van der Waals surface area contributed by atoms with E-state index in [0.29, 0.717) is 27.3 Å². The van der Waals surface area contributed by atoms with Crippen molar-refractivity contribution in [2.24, 2.45) is 0 Å². The number of ether oxygens (including phenoxy) is 2. The average Bonchev–Trinajstić information content (AvgIpc) is 3.75. The Labute approximate surface area is 339 Å². The van der Waals surface area contributed by atoms with Crippen LogP contribution in [0.5, 0.6) is 0 Å². The van der Waals surface area contributed by atoms with E-state index in [0.717, 1.165) is 59.2 Å². The highest BCUT2D eigenvalue weighted by molar-refractivity contribution is 8.65. The molecule has 21 heteroatoms. The lowest BCUT2D eigenvalue weighted by Crippen LogP contribution is -2.19. The summed E-state index contributed by atoms with van der Waals surface area (Å²) in [4.78, 5) is 22.5. The summed E-state index contributed by atoms with van der Waals surface area (Å²) < 4.78 is 12.6. The van der Waals surface area contributed by atoms with Crippen LogP contribution in [0.1, 0.15) is 74.6 Å². The zero-order chi connectivity index (χ0) is 37.9. The van der Waals surface area contributed by atoms with Crippen LogP contribution < -0.4 is 0 Å². The third kappa shape index (κ3) is 17.6. The van der Waals surface area contributed by atoms with Gasteiger partial charge in [-0.3, -0.25) is 9.89 Å². The van der Waals surface area contributed by atoms with E-state index in [4.69, 9.17) is 66.9 Å². The molecular formula is C32H49Cl4N9O4P4. The number of aromatic amines is 1. The van der Waals surface area contributed by atoms with Gasteiger partial charge >= 0.3 is 0 Å². The maximum Gasteiger partial charge on any atom is 0.154 e. The van der Waals surface area contributed by atoms with Crippen molar-refractivity contribution in [3.8, 4) is 0 Å². The quantitative estimate of drug-likeness (QED) is 0.0672. The second-order valence-electron chi connectivity index (χ2n) is 10.7. The first kappa shape index (κ1) is 51.0. The molecule has 294 valence electrons. The van der Waals surface area contributed by atoms with Gasteiger partial charge in [0.2, 0.25) is 0 Å². The normalized spacial score (nSPS) is 14.0. The van der Waals surface area contributed by atoms with Gasteiger partial charge < -0.3 is 14.9 Å². The van der Waals surface area contributed by atoms with Crippen molar-refractivity contribution in [1.29, 1.82) is 11.1 Å². The van der Waals surface area contributed by atoms with Crippen LogP contribution in [0, 0.1) is 31.8 Å². The van der Waals surface area contributed by atoms with E-state index in [2.05, 4.69) is 57.0 Å². The van der Waals surface area contributed by atoms with Crippen LogP contribution in [-0.2, 0) is 9.47 Å². The zero-order valence-corrected chi connectivity index (χ0v) is 36.1. The molecule has 1 fully saturated rings. The minimum absolute atomic E-state index is 0. The van der Waals surface area contributed by atoms with Crippen molar-refractivity contribution in [3.05, 3.63) is 86.1 Å². The summed E-state index contributed by atoms with van der Waals surface area (Å²) in [5.74, 6) is 0. The predicted molar refractivity (Wildman–Crippen MR) is 232 cm³/mol. The summed E-state index contributed by atoms with van der Waals surface area (Å²) in [6.45, 7) is 7.44. The first-order valence-corrected chi connectivity index (χ1v) is 23.0. The summed E-state index contributed by atoms with van der Waals surface area (Å²) in [5, 5.41) is 14.4. The summed E-state index contributed by atoms with van der Waals surface area (Å²) in [7, 11) is 7.94. The summed E-state index contributed by atoms with van der Waals surface area (Å²) in [5.41, 5.74) is 14.7. The van der Waals surface area contributed by atoms with Crippen molar-refractivity contribution in [2.75, 3.05) is 13.2 Å².